The Balaban J connectivity index is 3.20. The molecule has 1 rings (SSSR count). The lowest BCUT2D eigenvalue weighted by atomic mass is 10.1. The van der Waals surface area contributed by atoms with Crippen molar-refractivity contribution < 1.29 is 8.42 Å². The van der Waals surface area contributed by atoms with Crippen LogP contribution in [-0.2, 0) is 9.84 Å². The molecule has 0 aliphatic rings. The standard InChI is InChI=1S/C10H11N5O2S/c1-18(16,17)9-3-2-7(4-8(9)5-11)6-14-15-10(12)13/h2-4,6H,1H3,(H4,12,13,15). The van der Waals surface area contributed by atoms with Crippen molar-refractivity contribution in [2.75, 3.05) is 6.26 Å². The summed E-state index contributed by atoms with van der Waals surface area (Å²) in [4.78, 5) is -0.0241. The zero-order valence-electron chi connectivity index (χ0n) is 9.53. The van der Waals surface area contributed by atoms with Crippen molar-refractivity contribution in [1.82, 2.24) is 0 Å². The lowest BCUT2D eigenvalue weighted by molar-refractivity contribution is 0.601. The van der Waals surface area contributed by atoms with Crippen LogP contribution in [0.5, 0.6) is 0 Å². The smallest absolute Gasteiger partial charge is 0.211 e. The Labute approximate surface area is 104 Å². The van der Waals surface area contributed by atoms with Gasteiger partial charge in [-0.3, -0.25) is 0 Å². The molecule has 94 valence electrons. The van der Waals surface area contributed by atoms with Gasteiger partial charge < -0.3 is 11.5 Å². The lowest BCUT2D eigenvalue weighted by Gasteiger charge is -2.01. The molecule has 0 amide bonds. The van der Waals surface area contributed by atoms with Gasteiger partial charge in [-0.25, -0.2) is 8.42 Å². The Kier molecular flexibility index (Phi) is 4.01. The molecule has 0 aromatic heterocycles. The van der Waals surface area contributed by atoms with E-state index in [1.807, 2.05) is 6.07 Å². The van der Waals surface area contributed by atoms with E-state index in [4.69, 9.17) is 16.7 Å². The summed E-state index contributed by atoms with van der Waals surface area (Å²) < 4.78 is 22.8. The lowest BCUT2D eigenvalue weighted by Crippen LogP contribution is -2.21. The number of rotatable bonds is 3. The molecule has 0 fully saturated rings. The second-order valence-electron chi connectivity index (χ2n) is 3.41. The number of nitrogens with zero attached hydrogens (tertiary/aromatic N) is 3. The van der Waals surface area contributed by atoms with Gasteiger partial charge in [0.1, 0.15) is 6.07 Å². The summed E-state index contributed by atoms with van der Waals surface area (Å²) in [6.07, 6.45) is 2.35. The van der Waals surface area contributed by atoms with Crippen LogP contribution in [0.25, 0.3) is 0 Å². The second-order valence-corrected chi connectivity index (χ2v) is 5.39. The number of nitriles is 1. The van der Waals surface area contributed by atoms with Gasteiger partial charge in [-0.15, -0.1) is 5.10 Å². The van der Waals surface area contributed by atoms with E-state index in [9.17, 15) is 8.42 Å². The first-order valence-corrected chi connectivity index (χ1v) is 6.60. The highest BCUT2D eigenvalue weighted by Crippen LogP contribution is 2.16. The van der Waals surface area contributed by atoms with E-state index >= 15 is 0 Å². The Morgan fingerprint density at radius 1 is 1.44 bits per heavy atom. The monoisotopic (exact) mass is 265 g/mol. The highest BCUT2D eigenvalue weighted by Gasteiger charge is 2.12. The minimum atomic E-state index is -3.43. The maximum absolute atomic E-state index is 11.4. The summed E-state index contributed by atoms with van der Waals surface area (Å²) in [7, 11) is -3.43. The molecule has 0 radical (unpaired) electrons. The van der Waals surface area contributed by atoms with Crippen molar-refractivity contribution in [2.24, 2.45) is 21.7 Å². The van der Waals surface area contributed by atoms with Gasteiger partial charge >= 0.3 is 0 Å². The van der Waals surface area contributed by atoms with E-state index in [-0.39, 0.29) is 16.4 Å². The predicted molar refractivity (Wildman–Crippen MR) is 67.7 cm³/mol. The minimum Gasteiger partial charge on any atom is -0.369 e. The van der Waals surface area contributed by atoms with Crippen molar-refractivity contribution in [3.63, 3.8) is 0 Å². The number of nitrogens with two attached hydrogens (primary N) is 2. The average Bonchev–Trinajstić information content (AvgIpc) is 2.26. The second kappa shape index (κ2) is 5.29. The number of guanidine groups is 1. The Morgan fingerprint density at radius 2 is 2.11 bits per heavy atom. The van der Waals surface area contributed by atoms with E-state index in [1.54, 1.807) is 0 Å². The van der Waals surface area contributed by atoms with Crippen molar-refractivity contribution in [2.45, 2.75) is 4.90 Å². The third-order valence-corrected chi connectivity index (χ3v) is 3.06. The molecule has 7 nitrogen and oxygen atoms in total. The molecule has 0 saturated heterocycles. The van der Waals surface area contributed by atoms with E-state index in [2.05, 4.69) is 10.2 Å². The third kappa shape index (κ3) is 3.57. The van der Waals surface area contributed by atoms with Gasteiger partial charge in [0.05, 0.1) is 16.7 Å². The molecule has 0 bridgehead atoms. The highest BCUT2D eigenvalue weighted by atomic mass is 32.2. The van der Waals surface area contributed by atoms with Crippen molar-refractivity contribution in [3.05, 3.63) is 29.3 Å². The molecule has 0 spiro atoms. The van der Waals surface area contributed by atoms with Crippen LogP contribution in [0.4, 0.5) is 0 Å². The molecule has 0 saturated carbocycles. The van der Waals surface area contributed by atoms with Crippen LogP contribution < -0.4 is 11.5 Å². The molecule has 0 aliphatic carbocycles. The van der Waals surface area contributed by atoms with Gasteiger partial charge in [0.25, 0.3) is 0 Å². The fraction of sp³-hybridized carbons (Fsp3) is 0.100. The quantitative estimate of drug-likeness (QED) is 0.434. The first kappa shape index (κ1) is 13.7. The summed E-state index contributed by atoms with van der Waals surface area (Å²) in [5, 5.41) is 15.8. The van der Waals surface area contributed by atoms with E-state index < -0.39 is 9.84 Å². The minimum absolute atomic E-state index is 0.0241. The molecule has 4 N–H and O–H groups in total. The molecule has 8 heteroatoms. The fourth-order valence-corrected chi connectivity index (χ4v) is 2.02. The van der Waals surface area contributed by atoms with Crippen molar-refractivity contribution in [1.29, 1.82) is 5.26 Å². The Hall–Kier alpha value is -2.40. The predicted octanol–water partition coefficient (Wildman–Crippen LogP) is -0.431. The maximum Gasteiger partial charge on any atom is 0.211 e. The summed E-state index contributed by atoms with van der Waals surface area (Å²) in [5.74, 6) is -0.195. The molecule has 0 unspecified atom stereocenters. The molecule has 1 aromatic rings. The summed E-state index contributed by atoms with van der Waals surface area (Å²) in [6.45, 7) is 0. The van der Waals surface area contributed by atoms with Crippen LogP contribution in [-0.4, -0.2) is 26.8 Å². The largest absolute Gasteiger partial charge is 0.369 e. The zero-order chi connectivity index (χ0) is 13.8. The average molecular weight is 265 g/mol. The van der Waals surface area contributed by atoms with Gasteiger partial charge in [0, 0.05) is 6.26 Å². The number of hydrogen-bond acceptors (Lipinski definition) is 5. The van der Waals surface area contributed by atoms with Gasteiger partial charge in [0.15, 0.2) is 9.84 Å². The number of sulfone groups is 1. The highest BCUT2D eigenvalue weighted by molar-refractivity contribution is 7.90. The van der Waals surface area contributed by atoms with Crippen LogP contribution in [0.2, 0.25) is 0 Å². The molecular weight excluding hydrogens is 254 g/mol. The van der Waals surface area contributed by atoms with Gasteiger partial charge in [-0.2, -0.15) is 10.4 Å². The van der Waals surface area contributed by atoms with Crippen LogP contribution in [0.15, 0.2) is 33.3 Å². The van der Waals surface area contributed by atoms with Gasteiger partial charge in [0.2, 0.25) is 5.96 Å². The van der Waals surface area contributed by atoms with Crippen molar-refractivity contribution in [3.8, 4) is 6.07 Å². The first-order chi connectivity index (χ1) is 8.34. The normalized spacial score (nSPS) is 11.1. The molecule has 0 atom stereocenters. The van der Waals surface area contributed by atoms with Crippen LogP contribution >= 0.6 is 0 Å². The molecular formula is C10H11N5O2S. The van der Waals surface area contributed by atoms with Crippen molar-refractivity contribution >= 4 is 22.0 Å². The van der Waals surface area contributed by atoms with E-state index in [0.717, 1.165) is 6.26 Å². The summed E-state index contributed by atoms with van der Waals surface area (Å²) in [6, 6.07) is 6.05. The zero-order valence-corrected chi connectivity index (χ0v) is 10.3. The number of benzene rings is 1. The van der Waals surface area contributed by atoms with E-state index in [1.165, 1.54) is 24.4 Å². The van der Waals surface area contributed by atoms with E-state index in [0.29, 0.717) is 5.56 Å². The van der Waals surface area contributed by atoms with Crippen LogP contribution in [0, 0.1) is 11.3 Å². The first-order valence-electron chi connectivity index (χ1n) is 4.71. The Morgan fingerprint density at radius 3 is 2.61 bits per heavy atom. The molecule has 0 aliphatic heterocycles. The molecule has 0 heterocycles. The van der Waals surface area contributed by atoms with Crippen LogP contribution in [0.1, 0.15) is 11.1 Å². The van der Waals surface area contributed by atoms with Gasteiger partial charge in [-0.05, 0) is 17.7 Å². The molecule has 18 heavy (non-hydrogen) atoms. The van der Waals surface area contributed by atoms with Gasteiger partial charge in [-0.1, -0.05) is 6.07 Å². The number of hydrogen-bond donors (Lipinski definition) is 2. The maximum atomic E-state index is 11.4. The van der Waals surface area contributed by atoms with Crippen LogP contribution in [0.3, 0.4) is 0 Å². The fourth-order valence-electron chi connectivity index (χ4n) is 1.20. The topological polar surface area (TPSA) is 135 Å². The molecule has 1 aromatic carbocycles. The SMILES string of the molecule is CS(=O)(=O)c1ccc(C=NN=C(N)N)cc1C#N. The Bertz CT molecular complexity index is 651. The third-order valence-electron chi connectivity index (χ3n) is 1.90. The summed E-state index contributed by atoms with van der Waals surface area (Å²) >= 11 is 0. The summed E-state index contributed by atoms with van der Waals surface area (Å²) in [5.41, 5.74) is 10.7.